The highest BCUT2D eigenvalue weighted by molar-refractivity contribution is 7.92. The quantitative estimate of drug-likeness (QED) is 0.776. The summed E-state index contributed by atoms with van der Waals surface area (Å²) in [5, 5.41) is 0.876. The number of H-pyrrole nitrogens is 1. The number of sulfonamides is 1. The number of hydrogen-bond acceptors (Lipinski definition) is 3. The molecule has 1 aromatic heterocycles. The van der Waals surface area contributed by atoms with Crippen LogP contribution in [0.3, 0.4) is 0 Å². The van der Waals surface area contributed by atoms with E-state index in [1.165, 1.54) is 0 Å². The van der Waals surface area contributed by atoms with Crippen molar-refractivity contribution < 1.29 is 13.2 Å². The summed E-state index contributed by atoms with van der Waals surface area (Å²) in [4.78, 5) is 3.27. The van der Waals surface area contributed by atoms with Crippen molar-refractivity contribution in [3.63, 3.8) is 0 Å². The van der Waals surface area contributed by atoms with Gasteiger partial charge in [-0.05, 0) is 43.3 Å². The van der Waals surface area contributed by atoms with Gasteiger partial charge in [0, 0.05) is 10.9 Å². The van der Waals surface area contributed by atoms with E-state index >= 15 is 0 Å². The molecule has 2 aromatic carbocycles. The SMILES string of the molecule is COc1ccc2[nH]c(NS(=O)(=O)c3ccc(C)cc3)cc2c1. The molecule has 2 N–H and O–H groups in total. The zero-order valence-corrected chi connectivity index (χ0v) is 13.1. The standard InChI is InChI=1S/C16H16N2O3S/c1-11-3-6-14(7-4-11)22(19,20)18-16-10-12-9-13(21-2)5-8-15(12)17-16/h3-10,17-18H,1-2H3. The van der Waals surface area contributed by atoms with E-state index in [1.54, 1.807) is 37.4 Å². The van der Waals surface area contributed by atoms with Crippen molar-refractivity contribution in [2.45, 2.75) is 11.8 Å². The summed E-state index contributed by atoms with van der Waals surface area (Å²) in [7, 11) is -2.01. The number of rotatable bonds is 4. The van der Waals surface area contributed by atoms with Gasteiger partial charge in [-0.2, -0.15) is 0 Å². The Labute approximate surface area is 129 Å². The van der Waals surface area contributed by atoms with Gasteiger partial charge in [-0.1, -0.05) is 17.7 Å². The molecule has 0 aliphatic rings. The molecule has 0 aliphatic heterocycles. The van der Waals surface area contributed by atoms with Crippen molar-refractivity contribution in [3.8, 4) is 5.75 Å². The Kier molecular flexibility index (Phi) is 3.54. The van der Waals surface area contributed by atoms with Gasteiger partial charge in [0.05, 0.1) is 12.0 Å². The second-order valence-corrected chi connectivity index (χ2v) is 6.74. The van der Waals surface area contributed by atoms with Crippen LogP contribution in [-0.2, 0) is 10.0 Å². The maximum Gasteiger partial charge on any atom is 0.262 e. The predicted molar refractivity (Wildman–Crippen MR) is 86.8 cm³/mol. The number of benzene rings is 2. The van der Waals surface area contributed by atoms with E-state index in [-0.39, 0.29) is 4.90 Å². The Morgan fingerprint density at radius 2 is 1.77 bits per heavy atom. The van der Waals surface area contributed by atoms with E-state index in [2.05, 4.69) is 9.71 Å². The third-order valence-electron chi connectivity index (χ3n) is 3.40. The van der Waals surface area contributed by atoms with Crippen molar-refractivity contribution in [1.82, 2.24) is 4.98 Å². The second-order valence-electron chi connectivity index (χ2n) is 5.05. The van der Waals surface area contributed by atoms with Crippen molar-refractivity contribution in [1.29, 1.82) is 0 Å². The minimum atomic E-state index is -3.61. The van der Waals surface area contributed by atoms with Crippen LogP contribution in [0.5, 0.6) is 5.75 Å². The minimum Gasteiger partial charge on any atom is -0.497 e. The third kappa shape index (κ3) is 2.78. The van der Waals surface area contributed by atoms with Crippen LogP contribution in [0.2, 0.25) is 0 Å². The van der Waals surface area contributed by atoms with E-state index in [0.717, 1.165) is 22.2 Å². The van der Waals surface area contributed by atoms with Gasteiger partial charge in [0.2, 0.25) is 0 Å². The third-order valence-corrected chi connectivity index (χ3v) is 4.78. The molecule has 22 heavy (non-hydrogen) atoms. The number of aromatic nitrogens is 1. The molecule has 0 saturated heterocycles. The molecule has 0 unspecified atom stereocenters. The first-order valence-corrected chi connectivity index (χ1v) is 8.22. The van der Waals surface area contributed by atoms with Crippen molar-refractivity contribution in [2.75, 3.05) is 11.8 Å². The number of methoxy groups -OCH3 is 1. The highest BCUT2D eigenvalue weighted by Crippen LogP contribution is 2.25. The molecule has 5 nitrogen and oxygen atoms in total. The van der Waals surface area contributed by atoms with E-state index in [0.29, 0.717) is 5.82 Å². The lowest BCUT2D eigenvalue weighted by Gasteiger charge is -2.06. The molecular weight excluding hydrogens is 300 g/mol. The molecule has 1 heterocycles. The van der Waals surface area contributed by atoms with E-state index in [4.69, 9.17) is 4.74 Å². The predicted octanol–water partition coefficient (Wildman–Crippen LogP) is 3.29. The number of fused-ring (bicyclic) bond motifs is 1. The highest BCUT2D eigenvalue weighted by atomic mass is 32.2. The second kappa shape index (κ2) is 5.38. The first-order valence-electron chi connectivity index (χ1n) is 6.74. The number of aromatic amines is 1. The Morgan fingerprint density at radius 3 is 2.45 bits per heavy atom. The maximum atomic E-state index is 12.4. The summed E-state index contributed by atoms with van der Waals surface area (Å²) in [6.45, 7) is 1.91. The molecule has 0 fully saturated rings. The number of hydrogen-bond donors (Lipinski definition) is 2. The molecular formula is C16H16N2O3S. The average molecular weight is 316 g/mol. The normalized spacial score (nSPS) is 11.5. The molecule has 3 rings (SSSR count). The van der Waals surface area contributed by atoms with Crippen LogP contribution in [-0.4, -0.2) is 20.5 Å². The topological polar surface area (TPSA) is 71.2 Å². The minimum absolute atomic E-state index is 0.231. The smallest absolute Gasteiger partial charge is 0.262 e. The largest absolute Gasteiger partial charge is 0.497 e. The lowest BCUT2D eigenvalue weighted by Crippen LogP contribution is -2.13. The number of ether oxygens (including phenoxy) is 1. The van der Waals surface area contributed by atoms with Crippen LogP contribution in [0.4, 0.5) is 5.82 Å². The molecule has 3 aromatic rings. The first-order chi connectivity index (χ1) is 10.5. The molecule has 0 radical (unpaired) electrons. The van der Waals surface area contributed by atoms with Crippen LogP contribution in [0.1, 0.15) is 5.56 Å². The lowest BCUT2D eigenvalue weighted by atomic mass is 10.2. The monoisotopic (exact) mass is 316 g/mol. The number of aryl methyl sites for hydroxylation is 1. The number of anilines is 1. The summed E-state index contributed by atoms with van der Waals surface area (Å²) in [5.74, 6) is 1.14. The Hall–Kier alpha value is -2.47. The van der Waals surface area contributed by atoms with Gasteiger partial charge in [0.15, 0.2) is 0 Å². The molecule has 0 saturated carbocycles. The highest BCUT2D eigenvalue weighted by Gasteiger charge is 2.15. The molecule has 0 bridgehead atoms. The van der Waals surface area contributed by atoms with Crippen LogP contribution < -0.4 is 9.46 Å². The molecule has 114 valence electrons. The Morgan fingerprint density at radius 1 is 1.05 bits per heavy atom. The fourth-order valence-corrected chi connectivity index (χ4v) is 3.23. The van der Waals surface area contributed by atoms with E-state index in [1.807, 2.05) is 25.1 Å². The number of nitrogens with one attached hydrogen (secondary N) is 2. The fraction of sp³-hybridized carbons (Fsp3) is 0.125. The first kappa shape index (κ1) is 14.5. The molecule has 0 aliphatic carbocycles. The van der Waals surface area contributed by atoms with E-state index in [9.17, 15) is 8.42 Å². The van der Waals surface area contributed by atoms with Crippen molar-refractivity contribution >= 4 is 26.7 Å². The zero-order chi connectivity index (χ0) is 15.7. The van der Waals surface area contributed by atoms with E-state index < -0.39 is 10.0 Å². The molecule has 6 heteroatoms. The van der Waals surface area contributed by atoms with Crippen molar-refractivity contribution in [2.24, 2.45) is 0 Å². The summed E-state index contributed by atoms with van der Waals surface area (Å²) < 4.78 is 32.4. The molecule has 0 amide bonds. The van der Waals surface area contributed by atoms with Gasteiger partial charge in [-0.15, -0.1) is 0 Å². The summed E-state index contributed by atoms with van der Waals surface area (Å²) in [6.07, 6.45) is 0. The van der Waals surface area contributed by atoms with Gasteiger partial charge < -0.3 is 9.72 Å². The van der Waals surface area contributed by atoms with Gasteiger partial charge in [-0.3, -0.25) is 4.72 Å². The Balaban J connectivity index is 1.93. The van der Waals surface area contributed by atoms with Crippen LogP contribution >= 0.6 is 0 Å². The zero-order valence-electron chi connectivity index (χ0n) is 12.3. The Bertz CT molecular complexity index is 912. The average Bonchev–Trinajstić information content (AvgIpc) is 2.87. The molecule has 0 spiro atoms. The van der Waals surface area contributed by atoms with Crippen LogP contribution in [0.15, 0.2) is 53.4 Å². The maximum absolute atomic E-state index is 12.4. The van der Waals surface area contributed by atoms with Gasteiger partial charge in [0.1, 0.15) is 11.6 Å². The van der Waals surface area contributed by atoms with Crippen LogP contribution in [0.25, 0.3) is 10.9 Å². The fourth-order valence-electron chi connectivity index (χ4n) is 2.21. The summed E-state index contributed by atoms with van der Waals surface area (Å²) in [6, 6.07) is 14.0. The van der Waals surface area contributed by atoms with Crippen molar-refractivity contribution in [3.05, 3.63) is 54.1 Å². The summed E-state index contributed by atoms with van der Waals surface area (Å²) in [5.41, 5.74) is 1.85. The van der Waals surface area contributed by atoms with Crippen LogP contribution in [0, 0.1) is 6.92 Å². The van der Waals surface area contributed by atoms with Gasteiger partial charge in [0.25, 0.3) is 10.0 Å². The van der Waals surface area contributed by atoms with Gasteiger partial charge >= 0.3 is 0 Å². The summed E-state index contributed by atoms with van der Waals surface area (Å²) >= 11 is 0. The molecule has 0 atom stereocenters. The lowest BCUT2D eigenvalue weighted by molar-refractivity contribution is 0.415. The van der Waals surface area contributed by atoms with Gasteiger partial charge in [-0.25, -0.2) is 8.42 Å².